The Morgan fingerprint density at radius 2 is 1.71 bits per heavy atom. The Morgan fingerprint density at radius 3 is 2.35 bits per heavy atom. The highest BCUT2D eigenvalue weighted by Gasteiger charge is 2.32. The summed E-state index contributed by atoms with van der Waals surface area (Å²) in [6, 6.07) is 15.7. The number of aromatic nitrogens is 4. The van der Waals surface area contributed by atoms with E-state index in [0.717, 1.165) is 37.2 Å². The second-order valence-corrected chi connectivity index (χ2v) is 10.6. The van der Waals surface area contributed by atoms with Crippen LogP contribution >= 0.6 is 11.6 Å². The third-order valence-corrected chi connectivity index (χ3v) is 7.95. The minimum absolute atomic E-state index is 0.103. The van der Waals surface area contributed by atoms with Crippen LogP contribution in [-0.2, 0) is 10.0 Å². The normalized spacial score (nSPS) is 14.9. The van der Waals surface area contributed by atoms with E-state index in [9.17, 15) is 8.42 Å². The summed E-state index contributed by atoms with van der Waals surface area (Å²) in [7, 11) is -3.98. The average molecular weight is 494 g/mol. The van der Waals surface area contributed by atoms with Gasteiger partial charge >= 0.3 is 0 Å². The first-order valence-corrected chi connectivity index (χ1v) is 12.9. The van der Waals surface area contributed by atoms with Crippen molar-refractivity contribution in [2.75, 3.05) is 13.1 Å². The summed E-state index contributed by atoms with van der Waals surface area (Å²) in [5.74, 6) is 0.103. The Morgan fingerprint density at radius 1 is 1.00 bits per heavy atom. The minimum atomic E-state index is -3.98. The van der Waals surface area contributed by atoms with E-state index < -0.39 is 10.0 Å². The highest BCUT2D eigenvalue weighted by Crippen LogP contribution is 2.41. The molecule has 1 aliphatic rings. The van der Waals surface area contributed by atoms with Crippen LogP contribution in [0.1, 0.15) is 30.0 Å². The fourth-order valence-corrected chi connectivity index (χ4v) is 5.77. The summed E-state index contributed by atoms with van der Waals surface area (Å²) < 4.78 is 29.0. The van der Waals surface area contributed by atoms with Gasteiger partial charge in [0, 0.05) is 22.7 Å². The van der Waals surface area contributed by atoms with E-state index in [1.54, 1.807) is 48.7 Å². The van der Waals surface area contributed by atoms with Gasteiger partial charge in [-0.15, -0.1) is 0 Å². The molecule has 0 atom stereocenters. The molecule has 0 spiro atoms. The van der Waals surface area contributed by atoms with E-state index in [-0.39, 0.29) is 10.8 Å². The molecular formula is C25H24ClN5O2S. The van der Waals surface area contributed by atoms with Crippen LogP contribution in [0.15, 0.2) is 72.0 Å². The lowest BCUT2D eigenvalue weighted by Crippen LogP contribution is -2.27. The van der Waals surface area contributed by atoms with Gasteiger partial charge < -0.3 is 5.32 Å². The number of aryl methyl sites for hydroxylation is 1. The van der Waals surface area contributed by atoms with Crippen molar-refractivity contribution in [2.45, 2.75) is 30.6 Å². The second-order valence-electron chi connectivity index (χ2n) is 8.40. The lowest BCUT2D eigenvalue weighted by molar-refractivity contribution is 0.452. The Balaban J connectivity index is 1.82. The van der Waals surface area contributed by atoms with Crippen molar-refractivity contribution in [3.63, 3.8) is 0 Å². The maximum Gasteiger partial charge on any atom is 0.283 e. The zero-order valence-corrected chi connectivity index (χ0v) is 20.2. The molecule has 0 saturated carbocycles. The van der Waals surface area contributed by atoms with Crippen molar-refractivity contribution < 1.29 is 8.42 Å². The van der Waals surface area contributed by atoms with E-state index in [1.165, 1.54) is 10.4 Å². The molecule has 2 aromatic heterocycles. The smallest absolute Gasteiger partial charge is 0.283 e. The number of nitrogens with one attached hydrogen (secondary N) is 1. The van der Waals surface area contributed by atoms with E-state index in [0.29, 0.717) is 27.5 Å². The average Bonchev–Trinajstić information content (AvgIpc) is 3.27. The molecule has 0 unspecified atom stereocenters. The largest absolute Gasteiger partial charge is 0.317 e. The monoisotopic (exact) mass is 493 g/mol. The maximum absolute atomic E-state index is 13.9. The summed E-state index contributed by atoms with van der Waals surface area (Å²) >= 11 is 6.16. The molecule has 3 heterocycles. The van der Waals surface area contributed by atoms with Crippen molar-refractivity contribution in [1.82, 2.24) is 24.5 Å². The SMILES string of the molecule is Cc1ccc(S(=O)(=O)n2nc(C3CCNCC3)c(-c3ccncn3)c2-c2ccc(Cl)cc2)cc1. The van der Waals surface area contributed by atoms with Gasteiger partial charge in [-0.2, -0.15) is 17.6 Å². The van der Waals surface area contributed by atoms with Crippen LogP contribution in [0, 0.1) is 6.92 Å². The molecule has 0 bridgehead atoms. The van der Waals surface area contributed by atoms with Crippen molar-refractivity contribution >= 4 is 21.6 Å². The number of hydrogen-bond donors (Lipinski definition) is 1. The Hall–Kier alpha value is -3.07. The van der Waals surface area contributed by atoms with E-state index in [1.807, 2.05) is 19.1 Å². The number of piperidine rings is 1. The standard InChI is InChI=1S/C25H24ClN5O2S/c1-17-2-8-21(9-3-17)34(32,33)31-25(19-4-6-20(26)7-5-19)23(22-12-15-28-16-29-22)24(30-31)18-10-13-27-14-11-18/h2-9,12,15-16,18,27H,10-11,13-14H2,1H3. The zero-order chi connectivity index (χ0) is 23.7. The quantitative estimate of drug-likeness (QED) is 0.434. The third-order valence-electron chi connectivity index (χ3n) is 6.11. The van der Waals surface area contributed by atoms with E-state index >= 15 is 0 Å². The van der Waals surface area contributed by atoms with Crippen molar-refractivity contribution in [3.05, 3.63) is 83.4 Å². The van der Waals surface area contributed by atoms with Gasteiger partial charge in [0.15, 0.2) is 0 Å². The molecule has 1 aliphatic heterocycles. The number of rotatable bonds is 5. The lowest BCUT2D eigenvalue weighted by atomic mass is 9.89. The van der Waals surface area contributed by atoms with Gasteiger partial charge in [0.25, 0.3) is 10.0 Å². The van der Waals surface area contributed by atoms with Gasteiger partial charge in [-0.1, -0.05) is 41.4 Å². The molecule has 4 aromatic rings. The van der Waals surface area contributed by atoms with Gasteiger partial charge in [0.05, 0.1) is 27.5 Å². The van der Waals surface area contributed by atoms with Crippen LogP contribution in [-0.4, -0.2) is 40.7 Å². The molecule has 174 valence electrons. The van der Waals surface area contributed by atoms with Crippen LogP contribution in [0.2, 0.25) is 5.02 Å². The first kappa shape index (κ1) is 22.7. The third kappa shape index (κ3) is 4.24. The van der Waals surface area contributed by atoms with Gasteiger partial charge in [0.1, 0.15) is 6.33 Å². The molecule has 7 nitrogen and oxygen atoms in total. The molecule has 0 radical (unpaired) electrons. The Bertz CT molecular complexity index is 1400. The molecule has 5 rings (SSSR count). The van der Waals surface area contributed by atoms with Gasteiger partial charge in [-0.05, 0) is 63.2 Å². The number of benzene rings is 2. The summed E-state index contributed by atoms with van der Waals surface area (Å²) in [6.45, 7) is 3.62. The number of halogens is 1. The summed E-state index contributed by atoms with van der Waals surface area (Å²) in [6.07, 6.45) is 4.85. The number of hydrogen-bond acceptors (Lipinski definition) is 6. The van der Waals surface area contributed by atoms with Crippen LogP contribution in [0.5, 0.6) is 0 Å². The van der Waals surface area contributed by atoms with E-state index in [4.69, 9.17) is 16.7 Å². The molecule has 0 amide bonds. The van der Waals surface area contributed by atoms with Gasteiger partial charge in [-0.3, -0.25) is 0 Å². The van der Waals surface area contributed by atoms with Crippen molar-refractivity contribution in [3.8, 4) is 22.5 Å². The van der Waals surface area contributed by atoms with E-state index in [2.05, 4.69) is 15.3 Å². The second kappa shape index (κ2) is 9.29. The number of nitrogens with zero attached hydrogens (tertiary/aromatic N) is 4. The molecule has 34 heavy (non-hydrogen) atoms. The highest BCUT2D eigenvalue weighted by molar-refractivity contribution is 7.90. The molecule has 1 saturated heterocycles. The fraction of sp³-hybridized carbons (Fsp3) is 0.240. The van der Waals surface area contributed by atoms with Gasteiger partial charge in [-0.25, -0.2) is 9.97 Å². The first-order valence-electron chi connectivity index (χ1n) is 11.1. The predicted octanol–water partition coefficient (Wildman–Crippen LogP) is 4.67. The Kier molecular flexibility index (Phi) is 6.20. The topological polar surface area (TPSA) is 89.8 Å². The summed E-state index contributed by atoms with van der Waals surface area (Å²) in [5, 5.41) is 8.73. The van der Waals surface area contributed by atoms with Crippen molar-refractivity contribution in [1.29, 1.82) is 0 Å². The minimum Gasteiger partial charge on any atom is -0.317 e. The Labute approximate surface area is 203 Å². The molecule has 0 aliphatic carbocycles. The fourth-order valence-electron chi connectivity index (χ4n) is 4.33. The van der Waals surface area contributed by atoms with Gasteiger partial charge in [0.2, 0.25) is 0 Å². The molecule has 2 aromatic carbocycles. The molecule has 1 fully saturated rings. The summed E-state index contributed by atoms with van der Waals surface area (Å²) in [4.78, 5) is 8.72. The van der Waals surface area contributed by atoms with Crippen LogP contribution in [0.3, 0.4) is 0 Å². The molecule has 1 N–H and O–H groups in total. The first-order chi connectivity index (χ1) is 16.4. The molecule has 9 heteroatoms. The van der Waals surface area contributed by atoms with Crippen LogP contribution < -0.4 is 5.32 Å². The van der Waals surface area contributed by atoms with Crippen molar-refractivity contribution in [2.24, 2.45) is 0 Å². The highest BCUT2D eigenvalue weighted by atomic mass is 35.5. The van der Waals surface area contributed by atoms with Crippen LogP contribution in [0.25, 0.3) is 22.5 Å². The zero-order valence-electron chi connectivity index (χ0n) is 18.6. The maximum atomic E-state index is 13.9. The summed E-state index contributed by atoms with van der Waals surface area (Å²) in [5.41, 5.74) is 4.24. The predicted molar refractivity (Wildman–Crippen MR) is 132 cm³/mol. The molecular weight excluding hydrogens is 470 g/mol. The lowest BCUT2D eigenvalue weighted by Gasteiger charge is -2.22. The van der Waals surface area contributed by atoms with Crippen LogP contribution in [0.4, 0.5) is 0 Å².